The van der Waals surface area contributed by atoms with Gasteiger partial charge in [-0.3, -0.25) is 10.2 Å². The Balaban J connectivity index is 1.40. The number of anilines is 1. The number of hydrogen-bond acceptors (Lipinski definition) is 3. The minimum Gasteiger partial charge on any atom is -0.492 e. The first-order chi connectivity index (χ1) is 19.8. The predicted octanol–water partition coefficient (Wildman–Crippen LogP) is 11.8. The van der Waals surface area contributed by atoms with Crippen molar-refractivity contribution >= 4 is 81.1 Å². The molecular formula is C31H40Cl5N3O2. The molecule has 0 spiro atoms. The van der Waals surface area contributed by atoms with E-state index >= 15 is 0 Å². The normalized spacial score (nSPS) is 14.2. The standard InChI is InChI=1S/C31H40Cl5N3O2/c1-2-3-4-5-6-7-8-9-10-11-12-13-14-15-16-41-28-20-27(23(33)19-24(28)34)37-29-21-30(40)39(38-29)31-25(35)17-22(32)18-26(31)36/h17-20H,2-16,21H2,1H3,(H,37,38). The summed E-state index contributed by atoms with van der Waals surface area (Å²) in [4.78, 5) is 17.2. The van der Waals surface area contributed by atoms with Crippen LogP contribution in [0.25, 0.3) is 0 Å². The fourth-order valence-corrected chi connectivity index (χ4v) is 6.25. The number of aliphatic imine (C=N–C) groups is 1. The zero-order chi connectivity index (χ0) is 29.6. The van der Waals surface area contributed by atoms with E-state index in [-0.39, 0.29) is 22.4 Å². The van der Waals surface area contributed by atoms with Crippen molar-refractivity contribution in [3.63, 3.8) is 0 Å². The highest BCUT2D eigenvalue weighted by Crippen LogP contribution is 2.39. The van der Waals surface area contributed by atoms with Crippen LogP contribution in [0, 0.1) is 0 Å². The van der Waals surface area contributed by atoms with Gasteiger partial charge in [0.15, 0.2) is 0 Å². The molecule has 2 aromatic rings. The lowest BCUT2D eigenvalue weighted by molar-refractivity contribution is -0.116. The van der Waals surface area contributed by atoms with Crippen LogP contribution >= 0.6 is 58.0 Å². The number of hydrogen-bond donors (Lipinski definition) is 1. The van der Waals surface area contributed by atoms with Crippen LogP contribution < -0.4 is 15.2 Å². The minimum atomic E-state index is -0.269. The molecule has 226 valence electrons. The van der Waals surface area contributed by atoms with Crippen molar-refractivity contribution in [2.75, 3.05) is 11.6 Å². The van der Waals surface area contributed by atoms with E-state index in [2.05, 4.69) is 17.3 Å². The SMILES string of the molecule is CCCCCCCCCCCCCCCCOc1cc(N=C2CC(=O)N(c3c(Cl)cc(Cl)cc3Cl)N2)c(Cl)cc1Cl. The average Bonchev–Trinajstić information content (AvgIpc) is 3.27. The van der Waals surface area contributed by atoms with Crippen LogP contribution in [0.4, 0.5) is 11.4 Å². The molecule has 1 fully saturated rings. The van der Waals surface area contributed by atoms with Crippen LogP contribution in [-0.2, 0) is 4.79 Å². The second kappa shape index (κ2) is 18.3. The molecule has 0 aliphatic carbocycles. The van der Waals surface area contributed by atoms with Gasteiger partial charge >= 0.3 is 0 Å². The fraction of sp³-hybridized carbons (Fsp3) is 0.548. The Labute approximate surface area is 269 Å². The van der Waals surface area contributed by atoms with E-state index in [0.29, 0.717) is 44.6 Å². The lowest BCUT2D eigenvalue weighted by Gasteiger charge is -2.19. The van der Waals surface area contributed by atoms with E-state index < -0.39 is 0 Å². The molecule has 10 heteroatoms. The topological polar surface area (TPSA) is 53.9 Å². The lowest BCUT2D eigenvalue weighted by Crippen LogP contribution is -2.36. The summed E-state index contributed by atoms with van der Waals surface area (Å²) in [7, 11) is 0. The number of unbranched alkanes of at least 4 members (excludes halogenated alkanes) is 13. The van der Waals surface area contributed by atoms with Crippen molar-refractivity contribution in [2.45, 2.75) is 103 Å². The van der Waals surface area contributed by atoms with Gasteiger partial charge in [0, 0.05) is 11.1 Å². The molecule has 1 heterocycles. The van der Waals surface area contributed by atoms with Crippen molar-refractivity contribution in [1.82, 2.24) is 5.43 Å². The van der Waals surface area contributed by atoms with Gasteiger partial charge in [-0.05, 0) is 24.6 Å². The highest BCUT2D eigenvalue weighted by Gasteiger charge is 2.30. The number of hydrazine groups is 1. The Morgan fingerprint density at radius 1 is 0.732 bits per heavy atom. The average molecular weight is 664 g/mol. The third-order valence-electron chi connectivity index (χ3n) is 7.03. The van der Waals surface area contributed by atoms with E-state index in [1.807, 2.05) is 0 Å². The number of nitrogens with one attached hydrogen (secondary N) is 1. The third-order valence-corrected chi connectivity index (χ3v) is 8.42. The van der Waals surface area contributed by atoms with E-state index in [1.165, 1.54) is 94.2 Å². The van der Waals surface area contributed by atoms with Gasteiger partial charge in [-0.1, -0.05) is 148 Å². The summed E-state index contributed by atoms with van der Waals surface area (Å²) in [6, 6.07) is 6.33. The highest BCUT2D eigenvalue weighted by molar-refractivity contribution is 6.43. The molecule has 1 saturated heterocycles. The highest BCUT2D eigenvalue weighted by atomic mass is 35.5. The number of amides is 1. The van der Waals surface area contributed by atoms with Gasteiger partial charge in [-0.25, -0.2) is 10.0 Å². The number of amidine groups is 1. The van der Waals surface area contributed by atoms with Gasteiger partial charge in [-0.2, -0.15) is 0 Å². The smallest absolute Gasteiger partial charge is 0.253 e. The number of carbonyl (C=O) groups is 1. The molecular weight excluding hydrogens is 624 g/mol. The van der Waals surface area contributed by atoms with Crippen molar-refractivity contribution in [2.24, 2.45) is 4.99 Å². The summed E-state index contributed by atoms with van der Waals surface area (Å²) in [5.74, 6) is 0.628. The molecule has 1 aliphatic rings. The number of ether oxygens (including phenoxy) is 1. The van der Waals surface area contributed by atoms with Crippen LogP contribution in [0.15, 0.2) is 29.3 Å². The molecule has 0 radical (unpaired) electrons. The van der Waals surface area contributed by atoms with E-state index in [4.69, 9.17) is 62.7 Å². The van der Waals surface area contributed by atoms with Crippen LogP contribution in [-0.4, -0.2) is 18.3 Å². The molecule has 1 N–H and O–H groups in total. The van der Waals surface area contributed by atoms with E-state index in [9.17, 15) is 4.79 Å². The largest absolute Gasteiger partial charge is 0.492 e. The summed E-state index contributed by atoms with van der Waals surface area (Å²) in [6.45, 7) is 2.83. The zero-order valence-electron chi connectivity index (χ0n) is 23.7. The maximum atomic E-state index is 12.7. The van der Waals surface area contributed by atoms with Gasteiger partial charge in [-0.15, -0.1) is 0 Å². The lowest BCUT2D eigenvalue weighted by atomic mass is 10.0. The van der Waals surface area contributed by atoms with Crippen molar-refractivity contribution < 1.29 is 9.53 Å². The second-order valence-corrected chi connectivity index (χ2v) is 12.5. The summed E-state index contributed by atoms with van der Waals surface area (Å²) >= 11 is 31.4. The number of benzene rings is 2. The first-order valence-corrected chi connectivity index (χ1v) is 16.6. The predicted molar refractivity (Wildman–Crippen MR) is 176 cm³/mol. The molecule has 3 rings (SSSR count). The van der Waals surface area contributed by atoms with E-state index in [1.54, 1.807) is 12.1 Å². The number of carbonyl (C=O) groups excluding carboxylic acids is 1. The molecule has 1 amide bonds. The zero-order valence-corrected chi connectivity index (χ0v) is 27.5. The van der Waals surface area contributed by atoms with Gasteiger partial charge in [0.25, 0.3) is 5.91 Å². The van der Waals surface area contributed by atoms with Crippen molar-refractivity contribution in [1.29, 1.82) is 0 Å². The van der Waals surface area contributed by atoms with Gasteiger partial charge in [0.2, 0.25) is 0 Å². The fourth-order valence-electron chi connectivity index (χ4n) is 4.79. The Kier molecular flexibility index (Phi) is 15.3. The molecule has 1 aliphatic heterocycles. The number of nitrogens with zero attached hydrogens (tertiary/aromatic N) is 2. The minimum absolute atomic E-state index is 0.0173. The maximum absolute atomic E-state index is 12.7. The first kappa shape index (κ1) is 34.1. The Morgan fingerprint density at radius 2 is 1.27 bits per heavy atom. The van der Waals surface area contributed by atoms with Crippen LogP contribution in [0.3, 0.4) is 0 Å². The molecule has 0 aromatic heterocycles. The van der Waals surface area contributed by atoms with Gasteiger partial charge in [0.1, 0.15) is 17.3 Å². The summed E-state index contributed by atoms with van der Waals surface area (Å²) in [5.41, 5.74) is 3.71. The number of halogens is 5. The van der Waals surface area contributed by atoms with E-state index in [0.717, 1.165) is 12.8 Å². The molecule has 0 atom stereocenters. The maximum Gasteiger partial charge on any atom is 0.253 e. The van der Waals surface area contributed by atoms with Gasteiger partial charge in [0.05, 0.1) is 38.8 Å². The summed E-state index contributed by atoms with van der Waals surface area (Å²) in [5, 5.41) is 2.89. The van der Waals surface area contributed by atoms with Crippen LogP contribution in [0.1, 0.15) is 103 Å². The van der Waals surface area contributed by atoms with Gasteiger partial charge < -0.3 is 4.74 Å². The third kappa shape index (κ3) is 11.3. The molecule has 5 nitrogen and oxygen atoms in total. The first-order valence-electron chi connectivity index (χ1n) is 14.7. The summed E-state index contributed by atoms with van der Waals surface area (Å²) in [6.07, 6.45) is 18.3. The molecule has 41 heavy (non-hydrogen) atoms. The Morgan fingerprint density at radius 3 is 1.83 bits per heavy atom. The monoisotopic (exact) mass is 661 g/mol. The van der Waals surface area contributed by atoms with Crippen LogP contribution in [0.2, 0.25) is 25.1 Å². The quantitative estimate of drug-likeness (QED) is 0.162. The molecule has 2 aromatic carbocycles. The van der Waals surface area contributed by atoms with Crippen molar-refractivity contribution in [3.05, 3.63) is 49.4 Å². The Hall–Kier alpha value is -1.37. The second-order valence-electron chi connectivity index (χ2n) is 10.5. The molecule has 0 bridgehead atoms. The van der Waals surface area contributed by atoms with Crippen LogP contribution in [0.5, 0.6) is 5.75 Å². The summed E-state index contributed by atoms with van der Waals surface area (Å²) < 4.78 is 5.95. The number of rotatable bonds is 18. The molecule has 0 saturated carbocycles. The van der Waals surface area contributed by atoms with Crippen molar-refractivity contribution in [3.8, 4) is 5.75 Å². The molecule has 0 unspecified atom stereocenters. The Bertz CT molecular complexity index is 1150.